The van der Waals surface area contributed by atoms with Crippen molar-refractivity contribution in [1.29, 1.82) is 0 Å². The van der Waals surface area contributed by atoms with Gasteiger partial charge in [-0.05, 0) is 31.3 Å². The lowest BCUT2D eigenvalue weighted by molar-refractivity contribution is -0.126. The quantitative estimate of drug-likeness (QED) is 0.643. The minimum absolute atomic E-state index is 0.0140. The van der Waals surface area contributed by atoms with E-state index in [-0.39, 0.29) is 36.6 Å². The van der Waals surface area contributed by atoms with Gasteiger partial charge in [-0.3, -0.25) is 19.0 Å². The second-order valence-corrected chi connectivity index (χ2v) is 10.3. The van der Waals surface area contributed by atoms with Gasteiger partial charge in [-0.2, -0.15) is 9.61 Å². The lowest BCUT2D eigenvalue weighted by Crippen LogP contribution is -2.37. The number of hydrogen-bond donors (Lipinski definition) is 2. The van der Waals surface area contributed by atoms with Crippen molar-refractivity contribution in [3.05, 3.63) is 33.3 Å². The molecule has 2 aliphatic rings. The van der Waals surface area contributed by atoms with Crippen molar-refractivity contribution >= 4 is 23.5 Å². The molecular formula is C23H29F2N5O4. The second-order valence-electron chi connectivity index (χ2n) is 10.3. The van der Waals surface area contributed by atoms with Gasteiger partial charge in [-0.25, -0.2) is 8.78 Å². The number of aromatic nitrogens is 3. The fraction of sp³-hybridized carbons (Fsp3) is 0.565. The molecule has 2 amide bonds. The Bertz CT molecular complexity index is 1250. The number of nitrogens with zero attached hydrogens (tertiary/aromatic N) is 4. The average molecular weight is 478 g/mol. The van der Waals surface area contributed by atoms with Crippen molar-refractivity contribution in [1.82, 2.24) is 24.4 Å². The molecule has 0 bridgehead atoms. The number of amides is 2. The Labute approximate surface area is 195 Å². The molecule has 1 aliphatic heterocycles. The molecule has 2 fully saturated rings. The van der Waals surface area contributed by atoms with Gasteiger partial charge in [-0.15, -0.1) is 0 Å². The molecule has 0 radical (unpaired) electrons. The average Bonchev–Trinajstić information content (AvgIpc) is 3.35. The van der Waals surface area contributed by atoms with E-state index >= 15 is 0 Å². The highest BCUT2D eigenvalue weighted by molar-refractivity contribution is 5.97. The van der Waals surface area contributed by atoms with Crippen LogP contribution in [0.1, 0.15) is 61.6 Å². The summed E-state index contributed by atoms with van der Waals surface area (Å²) in [5.74, 6) is -4.73. The largest absolute Gasteiger partial charge is 0.492 e. The van der Waals surface area contributed by atoms with E-state index in [1.807, 2.05) is 20.8 Å². The molecule has 2 N–H and O–H groups in total. The second kappa shape index (κ2) is 8.21. The van der Waals surface area contributed by atoms with Crippen LogP contribution in [0.25, 0.3) is 11.7 Å². The molecule has 0 aromatic carbocycles. The normalized spacial score (nSPS) is 18.2. The number of carbonyl (C=O) groups excluding carboxylic acids is 2. The summed E-state index contributed by atoms with van der Waals surface area (Å²) in [6.07, 6.45) is 3.84. The first-order chi connectivity index (χ1) is 15.8. The van der Waals surface area contributed by atoms with E-state index < -0.39 is 41.3 Å². The number of aromatic hydroxyl groups is 1. The molecule has 2 aromatic rings. The third kappa shape index (κ3) is 4.69. The standard InChI is InChI=1S/C23H29F2N5O4/c1-13-15(7-8-16(31)28-10-9-23(24,25)12-28)19-29(11-22(2,3)4)20(33)17(21(34)30(19)27-13)18(32)26-14-5-6-14/h7-8,14,34H,5-6,9-12H2,1-4H3,(H,26,32)/b8-7+. The highest BCUT2D eigenvalue weighted by Crippen LogP contribution is 2.29. The first-order valence-corrected chi connectivity index (χ1v) is 11.3. The van der Waals surface area contributed by atoms with Crippen LogP contribution in [0, 0.1) is 12.3 Å². The molecule has 4 rings (SSSR count). The molecule has 0 spiro atoms. The van der Waals surface area contributed by atoms with Gasteiger partial charge < -0.3 is 15.3 Å². The maximum Gasteiger partial charge on any atom is 0.270 e. The summed E-state index contributed by atoms with van der Waals surface area (Å²) in [6, 6.07) is -0.0140. The number of likely N-dealkylation sites (tertiary alicyclic amines) is 1. The lowest BCUT2D eigenvalue weighted by Gasteiger charge is -2.22. The summed E-state index contributed by atoms with van der Waals surface area (Å²) < 4.78 is 29.5. The van der Waals surface area contributed by atoms with Gasteiger partial charge in [0.1, 0.15) is 5.65 Å². The van der Waals surface area contributed by atoms with Crippen molar-refractivity contribution in [2.45, 2.75) is 65.5 Å². The number of fused-ring (bicyclic) bond motifs is 1. The number of aryl methyl sites for hydroxylation is 1. The van der Waals surface area contributed by atoms with Crippen LogP contribution >= 0.6 is 0 Å². The molecule has 1 saturated heterocycles. The third-order valence-corrected chi connectivity index (χ3v) is 5.87. The van der Waals surface area contributed by atoms with E-state index in [1.165, 1.54) is 16.7 Å². The Kier molecular flexibility index (Phi) is 5.77. The van der Waals surface area contributed by atoms with E-state index in [0.717, 1.165) is 22.3 Å². The number of hydrogen-bond acceptors (Lipinski definition) is 5. The Morgan fingerprint density at radius 3 is 2.53 bits per heavy atom. The van der Waals surface area contributed by atoms with E-state index in [1.54, 1.807) is 6.92 Å². The maximum atomic E-state index is 13.5. The van der Waals surface area contributed by atoms with Crippen molar-refractivity contribution in [3.63, 3.8) is 0 Å². The summed E-state index contributed by atoms with van der Waals surface area (Å²) in [5, 5.41) is 17.9. The smallest absolute Gasteiger partial charge is 0.270 e. The van der Waals surface area contributed by atoms with Crippen molar-refractivity contribution in [2.24, 2.45) is 5.41 Å². The summed E-state index contributed by atoms with van der Waals surface area (Å²) in [7, 11) is 0. The molecule has 0 unspecified atom stereocenters. The van der Waals surface area contributed by atoms with Gasteiger partial charge in [-0.1, -0.05) is 20.8 Å². The van der Waals surface area contributed by atoms with E-state index in [9.17, 15) is 28.3 Å². The van der Waals surface area contributed by atoms with Gasteiger partial charge >= 0.3 is 0 Å². The first-order valence-electron chi connectivity index (χ1n) is 11.3. The molecule has 34 heavy (non-hydrogen) atoms. The minimum atomic E-state index is -2.90. The SMILES string of the molecule is Cc1nn2c(O)c(C(=O)NC3CC3)c(=O)n(CC(C)(C)C)c2c1/C=C/C(=O)N1CCC(F)(F)C1. The minimum Gasteiger partial charge on any atom is -0.492 e. The number of alkyl halides is 2. The Balaban J connectivity index is 1.82. The zero-order chi connectivity index (χ0) is 25.0. The molecule has 0 atom stereocenters. The molecule has 11 heteroatoms. The highest BCUT2D eigenvalue weighted by atomic mass is 19.3. The molecule has 9 nitrogen and oxygen atoms in total. The number of nitrogens with one attached hydrogen (secondary N) is 1. The summed E-state index contributed by atoms with van der Waals surface area (Å²) in [6.45, 7) is 6.92. The molecule has 184 valence electrons. The first kappa shape index (κ1) is 23.9. The molecular weight excluding hydrogens is 448 g/mol. The summed E-state index contributed by atoms with van der Waals surface area (Å²) >= 11 is 0. The Hall–Kier alpha value is -3.24. The van der Waals surface area contributed by atoms with Gasteiger partial charge in [0.05, 0.1) is 12.2 Å². The van der Waals surface area contributed by atoms with E-state index in [2.05, 4.69) is 10.4 Å². The summed E-state index contributed by atoms with van der Waals surface area (Å²) in [4.78, 5) is 39.7. The van der Waals surface area contributed by atoms with Crippen LogP contribution < -0.4 is 10.9 Å². The number of rotatable bonds is 5. The predicted molar refractivity (Wildman–Crippen MR) is 121 cm³/mol. The van der Waals surface area contributed by atoms with Crippen LogP contribution in [0.5, 0.6) is 5.88 Å². The van der Waals surface area contributed by atoms with Crippen LogP contribution in [0.3, 0.4) is 0 Å². The van der Waals surface area contributed by atoms with Gasteiger partial charge in [0.25, 0.3) is 17.4 Å². The lowest BCUT2D eigenvalue weighted by atomic mass is 9.96. The van der Waals surface area contributed by atoms with Crippen LogP contribution in [0.15, 0.2) is 10.9 Å². The third-order valence-electron chi connectivity index (χ3n) is 5.87. The topological polar surface area (TPSA) is 109 Å². The van der Waals surface area contributed by atoms with Crippen LogP contribution in [-0.2, 0) is 11.3 Å². The summed E-state index contributed by atoms with van der Waals surface area (Å²) in [5.41, 5.74) is -0.441. The molecule has 3 heterocycles. The van der Waals surface area contributed by atoms with Crippen molar-refractivity contribution < 1.29 is 23.5 Å². The highest BCUT2D eigenvalue weighted by Gasteiger charge is 2.39. The van der Waals surface area contributed by atoms with E-state index in [4.69, 9.17) is 0 Å². The number of carbonyl (C=O) groups is 2. The van der Waals surface area contributed by atoms with Gasteiger partial charge in [0, 0.05) is 37.2 Å². The van der Waals surface area contributed by atoms with Crippen molar-refractivity contribution in [3.8, 4) is 5.88 Å². The van der Waals surface area contributed by atoms with Crippen LogP contribution in [-0.4, -0.2) is 61.1 Å². The van der Waals surface area contributed by atoms with Gasteiger partial charge in [0.15, 0.2) is 5.56 Å². The van der Waals surface area contributed by atoms with Crippen LogP contribution in [0.4, 0.5) is 8.78 Å². The fourth-order valence-corrected chi connectivity index (χ4v) is 4.05. The zero-order valence-corrected chi connectivity index (χ0v) is 19.7. The van der Waals surface area contributed by atoms with E-state index in [0.29, 0.717) is 11.3 Å². The molecule has 1 aliphatic carbocycles. The predicted octanol–water partition coefficient (Wildman–Crippen LogP) is 2.33. The zero-order valence-electron chi connectivity index (χ0n) is 19.7. The van der Waals surface area contributed by atoms with Crippen molar-refractivity contribution in [2.75, 3.05) is 13.1 Å². The Morgan fingerprint density at radius 1 is 1.29 bits per heavy atom. The fourth-order valence-electron chi connectivity index (χ4n) is 4.05. The molecule has 2 aromatic heterocycles. The monoisotopic (exact) mass is 477 g/mol. The maximum absolute atomic E-state index is 13.5. The number of halogens is 2. The van der Waals surface area contributed by atoms with Crippen LogP contribution in [0.2, 0.25) is 0 Å². The molecule has 1 saturated carbocycles. The van der Waals surface area contributed by atoms with Gasteiger partial charge in [0.2, 0.25) is 11.8 Å². The Morgan fingerprint density at radius 2 is 1.97 bits per heavy atom.